The normalized spacial score (nSPS) is 17.0. The van der Waals surface area contributed by atoms with E-state index in [1.807, 2.05) is 30.3 Å². The summed E-state index contributed by atoms with van der Waals surface area (Å²) in [6.07, 6.45) is 3.01. The summed E-state index contributed by atoms with van der Waals surface area (Å²) in [6.45, 7) is 1.39. The number of anilines is 2. The maximum Gasteiger partial charge on any atom is 0.325 e. The zero-order valence-electron chi connectivity index (χ0n) is 17.7. The number of imide groups is 1. The molecule has 0 radical (unpaired) electrons. The molecule has 1 aromatic heterocycles. The van der Waals surface area contributed by atoms with Crippen LogP contribution in [0.1, 0.15) is 44.7 Å². The number of hydrogen-bond acceptors (Lipinski definition) is 7. The number of benzene rings is 1. The van der Waals surface area contributed by atoms with Gasteiger partial charge < -0.3 is 10.1 Å². The topological polar surface area (TPSA) is 109 Å². The Bertz CT molecular complexity index is 1030. The molecule has 4 rings (SSSR count). The van der Waals surface area contributed by atoms with Gasteiger partial charge in [-0.05, 0) is 25.0 Å². The molecule has 9 nitrogen and oxygen atoms in total. The molecule has 4 amide bonds. The molecule has 0 unspecified atom stereocenters. The van der Waals surface area contributed by atoms with Crippen molar-refractivity contribution in [3.63, 3.8) is 0 Å². The average molecular weight is 457 g/mol. The molecule has 2 fully saturated rings. The van der Waals surface area contributed by atoms with Gasteiger partial charge in [-0.2, -0.15) is 0 Å². The fourth-order valence-corrected chi connectivity index (χ4v) is 4.97. The second-order valence-corrected chi connectivity index (χ2v) is 8.73. The van der Waals surface area contributed by atoms with Gasteiger partial charge in [0.05, 0.1) is 17.8 Å². The van der Waals surface area contributed by atoms with Crippen molar-refractivity contribution < 1.29 is 23.9 Å². The summed E-state index contributed by atoms with van der Waals surface area (Å²) >= 11 is 1.27. The lowest BCUT2D eigenvalue weighted by Gasteiger charge is -2.19. The quantitative estimate of drug-likeness (QED) is 0.506. The summed E-state index contributed by atoms with van der Waals surface area (Å²) in [5, 5.41) is 5.00. The molecular weight excluding hydrogens is 432 g/mol. The third-order valence-corrected chi connectivity index (χ3v) is 6.56. The number of carbonyl (C=O) groups is 4. The molecule has 1 spiro atoms. The molecule has 10 heteroatoms. The second-order valence-electron chi connectivity index (χ2n) is 7.90. The van der Waals surface area contributed by atoms with E-state index in [2.05, 4.69) is 10.3 Å². The molecule has 1 aliphatic carbocycles. The summed E-state index contributed by atoms with van der Waals surface area (Å²) in [5.41, 5.74) is 0.436. The number of nitrogens with one attached hydrogen (secondary N) is 1. The Morgan fingerprint density at radius 1 is 1.22 bits per heavy atom. The van der Waals surface area contributed by atoms with Crippen LogP contribution in [-0.4, -0.2) is 45.8 Å². The Labute approximate surface area is 189 Å². The van der Waals surface area contributed by atoms with Gasteiger partial charge in [0.2, 0.25) is 5.91 Å². The molecular formula is C22H24N4O5S. The largest absolute Gasteiger partial charge is 0.459 e. The van der Waals surface area contributed by atoms with Crippen molar-refractivity contribution in [2.45, 2.75) is 51.2 Å². The zero-order chi connectivity index (χ0) is 22.7. The lowest BCUT2D eigenvalue weighted by atomic mass is 9.98. The maximum atomic E-state index is 12.6. The van der Waals surface area contributed by atoms with Gasteiger partial charge >= 0.3 is 12.0 Å². The predicted molar refractivity (Wildman–Crippen MR) is 117 cm³/mol. The number of urea groups is 1. The highest BCUT2D eigenvalue weighted by atomic mass is 32.1. The van der Waals surface area contributed by atoms with Crippen LogP contribution >= 0.6 is 11.3 Å². The van der Waals surface area contributed by atoms with Crippen LogP contribution in [0.5, 0.6) is 0 Å². The van der Waals surface area contributed by atoms with Crippen LogP contribution in [0.15, 0.2) is 35.7 Å². The van der Waals surface area contributed by atoms with E-state index in [4.69, 9.17) is 4.74 Å². The van der Waals surface area contributed by atoms with Crippen LogP contribution in [0.25, 0.3) is 0 Å². The third-order valence-electron chi connectivity index (χ3n) is 5.68. The van der Waals surface area contributed by atoms with Gasteiger partial charge in [-0.3, -0.25) is 24.2 Å². The first-order valence-corrected chi connectivity index (χ1v) is 11.4. The number of ether oxygens (including phenoxy) is 1. The van der Waals surface area contributed by atoms with E-state index >= 15 is 0 Å². The minimum Gasteiger partial charge on any atom is -0.459 e. The van der Waals surface area contributed by atoms with Crippen molar-refractivity contribution in [1.29, 1.82) is 0 Å². The van der Waals surface area contributed by atoms with Crippen molar-refractivity contribution in [3.05, 3.63) is 41.4 Å². The molecule has 1 saturated heterocycles. The van der Waals surface area contributed by atoms with Gasteiger partial charge in [0, 0.05) is 18.8 Å². The lowest BCUT2D eigenvalue weighted by molar-refractivity contribution is -0.145. The van der Waals surface area contributed by atoms with Gasteiger partial charge in [0.25, 0.3) is 5.91 Å². The fraction of sp³-hybridized carbons (Fsp3) is 0.409. The summed E-state index contributed by atoms with van der Waals surface area (Å²) < 4.78 is 5.27. The van der Waals surface area contributed by atoms with Crippen molar-refractivity contribution in [2.75, 3.05) is 11.4 Å². The van der Waals surface area contributed by atoms with Gasteiger partial charge in [-0.1, -0.05) is 31.0 Å². The number of hydrogen-bond donors (Lipinski definition) is 1. The molecule has 2 aliphatic rings. The standard InChI is InChI=1S/C22H24N4O5S/c1-15(27)26(17-7-3-2-4-8-17)21-23-16(14-32-21)13-31-18(28)9-12-25-19(29)22(24-20(25)30)10-5-6-11-22/h2-4,7-8,14H,5-6,9-13H2,1H3,(H,24,30). The van der Waals surface area contributed by atoms with E-state index in [1.54, 1.807) is 5.38 Å². The number of esters is 1. The monoisotopic (exact) mass is 456 g/mol. The third kappa shape index (κ3) is 4.36. The second kappa shape index (κ2) is 9.07. The Morgan fingerprint density at radius 3 is 2.62 bits per heavy atom. The molecule has 1 aliphatic heterocycles. The average Bonchev–Trinajstić information content (AvgIpc) is 3.48. The summed E-state index contributed by atoms with van der Waals surface area (Å²) in [4.78, 5) is 56.1. The van der Waals surface area contributed by atoms with E-state index in [1.165, 1.54) is 23.2 Å². The van der Waals surface area contributed by atoms with Gasteiger partial charge in [-0.25, -0.2) is 9.78 Å². The number of amides is 4. The Hall–Kier alpha value is -3.27. The molecule has 1 saturated carbocycles. The van der Waals surface area contributed by atoms with Crippen LogP contribution in [0.2, 0.25) is 0 Å². The summed E-state index contributed by atoms with van der Waals surface area (Å²) in [6, 6.07) is 8.71. The van der Waals surface area contributed by atoms with E-state index in [0.29, 0.717) is 29.4 Å². The SMILES string of the molecule is CC(=O)N(c1ccccc1)c1nc(COC(=O)CCN2C(=O)NC3(CCCC3)C2=O)cs1. The number of thiazole rings is 1. The number of para-hydroxylation sites is 1. The summed E-state index contributed by atoms with van der Waals surface area (Å²) in [5.74, 6) is -0.955. The van der Waals surface area contributed by atoms with Gasteiger partial charge in [0.1, 0.15) is 12.1 Å². The smallest absolute Gasteiger partial charge is 0.325 e. The van der Waals surface area contributed by atoms with Crippen LogP contribution in [-0.2, 0) is 25.7 Å². The highest BCUT2D eigenvalue weighted by molar-refractivity contribution is 7.14. The first-order valence-electron chi connectivity index (χ1n) is 10.5. The van der Waals surface area contributed by atoms with E-state index in [-0.39, 0.29) is 31.4 Å². The number of carbonyl (C=O) groups excluding carboxylic acids is 4. The van der Waals surface area contributed by atoms with Gasteiger partial charge in [-0.15, -0.1) is 11.3 Å². The molecule has 168 valence electrons. The van der Waals surface area contributed by atoms with E-state index in [9.17, 15) is 19.2 Å². The van der Waals surface area contributed by atoms with E-state index < -0.39 is 17.5 Å². The van der Waals surface area contributed by atoms with Crippen LogP contribution in [0.3, 0.4) is 0 Å². The van der Waals surface area contributed by atoms with Crippen molar-refractivity contribution in [3.8, 4) is 0 Å². The lowest BCUT2D eigenvalue weighted by Crippen LogP contribution is -2.44. The Kier molecular flexibility index (Phi) is 6.22. The maximum absolute atomic E-state index is 12.6. The Balaban J connectivity index is 1.30. The molecule has 32 heavy (non-hydrogen) atoms. The molecule has 1 N–H and O–H groups in total. The zero-order valence-corrected chi connectivity index (χ0v) is 18.5. The molecule has 0 bridgehead atoms. The molecule has 2 heterocycles. The highest BCUT2D eigenvalue weighted by Crippen LogP contribution is 2.35. The van der Waals surface area contributed by atoms with Gasteiger partial charge in [0.15, 0.2) is 5.13 Å². The minimum absolute atomic E-state index is 0.0142. The first kappa shape index (κ1) is 21.9. The highest BCUT2D eigenvalue weighted by Gasteiger charge is 2.52. The molecule has 1 aromatic carbocycles. The van der Waals surface area contributed by atoms with E-state index in [0.717, 1.165) is 17.7 Å². The molecule has 0 atom stereocenters. The van der Waals surface area contributed by atoms with Crippen molar-refractivity contribution in [2.24, 2.45) is 0 Å². The molecule has 2 aromatic rings. The number of aromatic nitrogens is 1. The summed E-state index contributed by atoms with van der Waals surface area (Å²) in [7, 11) is 0. The van der Waals surface area contributed by atoms with Crippen LogP contribution in [0.4, 0.5) is 15.6 Å². The number of rotatable bonds is 7. The van der Waals surface area contributed by atoms with Crippen LogP contribution < -0.4 is 10.2 Å². The number of nitrogens with zero attached hydrogens (tertiary/aromatic N) is 3. The van der Waals surface area contributed by atoms with Crippen molar-refractivity contribution in [1.82, 2.24) is 15.2 Å². The van der Waals surface area contributed by atoms with Crippen LogP contribution in [0, 0.1) is 0 Å². The first-order chi connectivity index (χ1) is 15.4. The Morgan fingerprint density at radius 2 is 1.94 bits per heavy atom. The minimum atomic E-state index is -0.778. The fourth-order valence-electron chi connectivity index (χ4n) is 4.10. The van der Waals surface area contributed by atoms with Crippen molar-refractivity contribution >= 4 is 46.0 Å². The predicted octanol–water partition coefficient (Wildman–Crippen LogP) is 3.13.